The molecule has 0 aromatic carbocycles. The van der Waals surface area contributed by atoms with Crippen molar-refractivity contribution in [1.29, 1.82) is 0 Å². The monoisotopic (exact) mass is 285 g/mol. The van der Waals surface area contributed by atoms with E-state index in [-0.39, 0.29) is 17.4 Å². The molecule has 0 spiro atoms. The number of amides is 1. The highest BCUT2D eigenvalue weighted by Crippen LogP contribution is 2.38. The first-order valence-electron chi connectivity index (χ1n) is 5.70. The van der Waals surface area contributed by atoms with Crippen molar-refractivity contribution < 1.29 is 14.7 Å². The maximum Gasteiger partial charge on any atom is 0.339 e. The molecule has 1 aliphatic heterocycles. The van der Waals surface area contributed by atoms with Crippen LogP contribution in [-0.2, 0) is 4.79 Å². The number of carboxylic acids is 1. The van der Waals surface area contributed by atoms with E-state index in [0.717, 1.165) is 10.4 Å². The predicted octanol–water partition coefficient (Wildman–Crippen LogP) is 2.35. The summed E-state index contributed by atoms with van der Waals surface area (Å²) in [5.41, 5.74) is 1.02. The molecule has 1 aliphatic rings. The summed E-state index contributed by atoms with van der Waals surface area (Å²) in [5, 5.41) is 9.86. The van der Waals surface area contributed by atoms with Crippen molar-refractivity contribution >= 4 is 40.8 Å². The molecule has 6 heteroatoms. The summed E-state index contributed by atoms with van der Waals surface area (Å²) in [6, 6.07) is 0. The molecule has 1 aromatic rings. The number of anilines is 1. The largest absolute Gasteiger partial charge is 0.478 e. The van der Waals surface area contributed by atoms with Gasteiger partial charge in [0.2, 0.25) is 5.91 Å². The lowest BCUT2D eigenvalue weighted by Crippen LogP contribution is -2.25. The Bertz CT molecular complexity index is 510. The molecule has 1 aromatic heterocycles. The second-order valence-electron chi connectivity index (χ2n) is 4.53. The first-order valence-corrected chi connectivity index (χ1v) is 7.15. The van der Waals surface area contributed by atoms with Crippen LogP contribution < -0.4 is 4.90 Å². The Morgan fingerprint density at radius 1 is 1.56 bits per heavy atom. The summed E-state index contributed by atoms with van der Waals surface area (Å²) in [6.07, 6.45) is 0.457. The maximum atomic E-state index is 11.9. The van der Waals surface area contributed by atoms with Gasteiger partial charge in [0.25, 0.3) is 0 Å². The molecule has 0 aliphatic carbocycles. The fourth-order valence-electron chi connectivity index (χ4n) is 2.15. The number of hydrogen-bond acceptors (Lipinski definition) is 4. The van der Waals surface area contributed by atoms with Crippen LogP contribution in [-0.4, -0.2) is 29.3 Å². The topological polar surface area (TPSA) is 57.6 Å². The second kappa shape index (κ2) is 4.93. The van der Waals surface area contributed by atoms with E-state index in [4.69, 9.17) is 0 Å². The standard InChI is InChI=1S/C12H15NO3S2/c1-6-7(2)18-11(10(6)12(15)16)13-4-8(5-17)3-9(13)14/h8,17H,3-5H2,1-2H3,(H,15,16). The summed E-state index contributed by atoms with van der Waals surface area (Å²) in [4.78, 5) is 25.8. The Morgan fingerprint density at radius 2 is 2.22 bits per heavy atom. The third-order valence-corrected chi connectivity index (χ3v) is 5.04. The lowest BCUT2D eigenvalue weighted by molar-refractivity contribution is -0.117. The fraction of sp³-hybridized carbons (Fsp3) is 0.500. The summed E-state index contributed by atoms with van der Waals surface area (Å²) >= 11 is 5.59. The van der Waals surface area contributed by atoms with Gasteiger partial charge in [0, 0.05) is 17.8 Å². The number of rotatable bonds is 3. The van der Waals surface area contributed by atoms with E-state index in [1.54, 1.807) is 11.8 Å². The zero-order valence-corrected chi connectivity index (χ0v) is 12.0. The summed E-state index contributed by atoms with van der Waals surface area (Å²) in [7, 11) is 0. The molecule has 1 amide bonds. The third-order valence-electron chi connectivity index (χ3n) is 3.29. The van der Waals surface area contributed by atoms with E-state index >= 15 is 0 Å². The Labute approximate surface area is 115 Å². The molecule has 2 heterocycles. The van der Waals surface area contributed by atoms with E-state index in [1.807, 2.05) is 6.92 Å². The molecule has 1 saturated heterocycles. The number of carboxylic acid groups (broad SMARTS) is 1. The summed E-state index contributed by atoms with van der Waals surface area (Å²) < 4.78 is 0. The van der Waals surface area contributed by atoms with Crippen molar-refractivity contribution in [3.8, 4) is 0 Å². The molecule has 1 unspecified atom stereocenters. The van der Waals surface area contributed by atoms with Crippen molar-refractivity contribution in [2.75, 3.05) is 17.2 Å². The normalized spacial score (nSPS) is 19.6. The zero-order valence-electron chi connectivity index (χ0n) is 10.3. The fourth-order valence-corrected chi connectivity index (χ4v) is 3.57. The Kier molecular flexibility index (Phi) is 3.68. The van der Waals surface area contributed by atoms with Crippen LogP contribution in [0.25, 0.3) is 0 Å². The summed E-state index contributed by atoms with van der Waals surface area (Å²) in [6.45, 7) is 4.24. The summed E-state index contributed by atoms with van der Waals surface area (Å²) in [5.74, 6) is -0.106. The van der Waals surface area contributed by atoms with Gasteiger partial charge in [0.15, 0.2) is 0 Å². The van der Waals surface area contributed by atoms with Gasteiger partial charge < -0.3 is 10.0 Å². The number of thiol groups is 1. The number of aromatic carboxylic acids is 1. The highest BCUT2D eigenvalue weighted by Gasteiger charge is 2.34. The van der Waals surface area contributed by atoms with Crippen LogP contribution >= 0.6 is 24.0 Å². The minimum absolute atomic E-state index is 0.00204. The SMILES string of the molecule is Cc1sc(N2CC(CS)CC2=O)c(C(=O)O)c1C. The molecular weight excluding hydrogens is 270 g/mol. The number of carbonyl (C=O) groups excluding carboxylic acids is 1. The van der Waals surface area contributed by atoms with Gasteiger partial charge in [-0.05, 0) is 31.1 Å². The molecule has 1 atom stereocenters. The molecule has 0 radical (unpaired) electrons. The van der Waals surface area contributed by atoms with Crippen LogP contribution in [0.2, 0.25) is 0 Å². The van der Waals surface area contributed by atoms with Gasteiger partial charge in [-0.3, -0.25) is 4.79 Å². The van der Waals surface area contributed by atoms with Gasteiger partial charge in [-0.2, -0.15) is 12.6 Å². The van der Waals surface area contributed by atoms with Crippen LogP contribution in [0.4, 0.5) is 5.00 Å². The third kappa shape index (κ3) is 2.14. The average Bonchev–Trinajstić information content (AvgIpc) is 2.81. The molecule has 18 heavy (non-hydrogen) atoms. The Morgan fingerprint density at radius 3 is 2.72 bits per heavy atom. The van der Waals surface area contributed by atoms with Crippen molar-refractivity contribution in [3.63, 3.8) is 0 Å². The number of thiophene rings is 1. The van der Waals surface area contributed by atoms with Gasteiger partial charge in [-0.25, -0.2) is 4.79 Å². The zero-order chi connectivity index (χ0) is 13.4. The van der Waals surface area contributed by atoms with Gasteiger partial charge in [0.1, 0.15) is 5.00 Å². The first kappa shape index (κ1) is 13.4. The minimum Gasteiger partial charge on any atom is -0.478 e. The molecule has 1 fully saturated rings. The van der Waals surface area contributed by atoms with E-state index in [0.29, 0.717) is 23.7 Å². The number of aryl methyl sites for hydroxylation is 1. The molecule has 1 N–H and O–H groups in total. The molecular formula is C12H15NO3S2. The number of carbonyl (C=O) groups is 2. The van der Waals surface area contributed by atoms with Crippen LogP contribution in [0.3, 0.4) is 0 Å². The molecule has 0 bridgehead atoms. The van der Waals surface area contributed by atoms with Crippen LogP contribution in [0.15, 0.2) is 0 Å². The molecule has 0 saturated carbocycles. The lowest BCUT2D eigenvalue weighted by Gasteiger charge is -2.15. The van der Waals surface area contributed by atoms with Gasteiger partial charge in [0.05, 0.1) is 5.56 Å². The van der Waals surface area contributed by atoms with Gasteiger partial charge in [-0.1, -0.05) is 0 Å². The van der Waals surface area contributed by atoms with Gasteiger partial charge >= 0.3 is 5.97 Å². The van der Waals surface area contributed by atoms with Gasteiger partial charge in [-0.15, -0.1) is 11.3 Å². The van der Waals surface area contributed by atoms with Crippen molar-refractivity contribution in [1.82, 2.24) is 0 Å². The Hall–Kier alpha value is -1.01. The van der Waals surface area contributed by atoms with E-state index in [2.05, 4.69) is 12.6 Å². The predicted molar refractivity (Wildman–Crippen MR) is 75.1 cm³/mol. The minimum atomic E-state index is -0.964. The van der Waals surface area contributed by atoms with Crippen LogP contribution in [0.5, 0.6) is 0 Å². The molecule has 4 nitrogen and oxygen atoms in total. The average molecular weight is 285 g/mol. The molecule has 2 rings (SSSR count). The van der Waals surface area contributed by atoms with Crippen molar-refractivity contribution in [3.05, 3.63) is 16.0 Å². The van der Waals surface area contributed by atoms with Crippen molar-refractivity contribution in [2.45, 2.75) is 20.3 Å². The van der Waals surface area contributed by atoms with E-state index < -0.39 is 5.97 Å². The Balaban J connectivity index is 2.43. The van der Waals surface area contributed by atoms with E-state index in [9.17, 15) is 14.7 Å². The lowest BCUT2D eigenvalue weighted by atomic mass is 10.1. The van der Waals surface area contributed by atoms with E-state index in [1.165, 1.54) is 11.3 Å². The van der Waals surface area contributed by atoms with Crippen LogP contribution in [0.1, 0.15) is 27.2 Å². The van der Waals surface area contributed by atoms with Crippen LogP contribution in [0, 0.1) is 19.8 Å². The number of nitrogens with zero attached hydrogens (tertiary/aromatic N) is 1. The second-order valence-corrected chi connectivity index (χ2v) is 6.09. The smallest absolute Gasteiger partial charge is 0.339 e. The number of hydrogen-bond donors (Lipinski definition) is 2. The maximum absolute atomic E-state index is 11.9. The molecule has 98 valence electrons. The highest BCUT2D eigenvalue weighted by atomic mass is 32.1. The first-order chi connectivity index (χ1) is 8.45. The van der Waals surface area contributed by atoms with Crippen molar-refractivity contribution in [2.24, 2.45) is 5.92 Å². The quantitative estimate of drug-likeness (QED) is 0.838. The highest BCUT2D eigenvalue weighted by molar-refractivity contribution is 7.80.